The summed E-state index contributed by atoms with van der Waals surface area (Å²) in [7, 11) is 0. The number of thiophene rings is 1. The highest BCUT2D eigenvalue weighted by Crippen LogP contribution is 2.31. The molecule has 0 radical (unpaired) electrons. The summed E-state index contributed by atoms with van der Waals surface area (Å²) in [6.45, 7) is 3.25. The molecule has 1 unspecified atom stereocenters. The van der Waals surface area contributed by atoms with Gasteiger partial charge in [-0.1, -0.05) is 25.1 Å². The van der Waals surface area contributed by atoms with E-state index in [1.807, 2.05) is 11.8 Å². The van der Waals surface area contributed by atoms with Gasteiger partial charge in [0, 0.05) is 4.90 Å². The molecule has 1 nitrogen and oxygen atoms in total. The first kappa shape index (κ1) is 13.7. The number of nitrogens with one attached hydrogen (secondary N) is 1. The van der Waals surface area contributed by atoms with Crippen LogP contribution in [0.3, 0.4) is 0 Å². The van der Waals surface area contributed by atoms with E-state index in [2.05, 4.69) is 59.6 Å². The van der Waals surface area contributed by atoms with Crippen LogP contribution in [0.4, 0.5) is 0 Å². The van der Waals surface area contributed by atoms with E-state index in [4.69, 9.17) is 0 Å². The second-order valence-electron chi connectivity index (χ2n) is 4.19. The summed E-state index contributed by atoms with van der Waals surface area (Å²) in [5.74, 6) is 0. The Morgan fingerprint density at radius 1 is 1.28 bits per heavy atom. The first-order chi connectivity index (χ1) is 8.86. The van der Waals surface area contributed by atoms with Crippen LogP contribution in [0.25, 0.3) is 0 Å². The van der Waals surface area contributed by atoms with Crippen LogP contribution in [0.2, 0.25) is 0 Å². The van der Waals surface area contributed by atoms with Crippen LogP contribution in [-0.4, -0.2) is 12.8 Å². The lowest BCUT2D eigenvalue weighted by Gasteiger charge is -2.20. The van der Waals surface area contributed by atoms with Crippen molar-refractivity contribution in [3.63, 3.8) is 0 Å². The van der Waals surface area contributed by atoms with Gasteiger partial charge >= 0.3 is 0 Å². The van der Waals surface area contributed by atoms with Gasteiger partial charge in [-0.25, -0.2) is 0 Å². The summed E-state index contributed by atoms with van der Waals surface area (Å²) in [6, 6.07) is 11.2. The van der Waals surface area contributed by atoms with Crippen molar-refractivity contribution in [2.45, 2.75) is 24.3 Å². The van der Waals surface area contributed by atoms with Crippen LogP contribution in [-0.2, 0) is 0 Å². The van der Waals surface area contributed by atoms with Gasteiger partial charge in [0.2, 0.25) is 0 Å². The molecule has 1 atom stereocenters. The minimum atomic E-state index is 0.319. The Labute approximate surface area is 118 Å². The normalized spacial score (nSPS) is 12.6. The highest BCUT2D eigenvalue weighted by Gasteiger charge is 2.16. The third kappa shape index (κ3) is 3.16. The third-order valence-electron chi connectivity index (χ3n) is 2.92. The molecule has 2 rings (SSSR count). The summed E-state index contributed by atoms with van der Waals surface area (Å²) >= 11 is 3.58. The lowest BCUT2D eigenvalue weighted by Crippen LogP contribution is -2.23. The highest BCUT2D eigenvalue weighted by atomic mass is 32.2. The molecule has 0 fully saturated rings. The van der Waals surface area contributed by atoms with E-state index in [9.17, 15) is 0 Å². The molecule has 0 saturated heterocycles. The fourth-order valence-electron chi connectivity index (χ4n) is 2.04. The van der Waals surface area contributed by atoms with Crippen molar-refractivity contribution >= 4 is 23.1 Å². The van der Waals surface area contributed by atoms with Gasteiger partial charge in [0.1, 0.15) is 0 Å². The quantitative estimate of drug-likeness (QED) is 0.777. The van der Waals surface area contributed by atoms with E-state index in [1.54, 1.807) is 11.3 Å². The van der Waals surface area contributed by atoms with Crippen LogP contribution in [0, 0.1) is 0 Å². The van der Waals surface area contributed by atoms with Gasteiger partial charge in [0.25, 0.3) is 0 Å². The zero-order valence-electron chi connectivity index (χ0n) is 10.8. The zero-order chi connectivity index (χ0) is 12.8. The molecule has 2 aromatic rings. The van der Waals surface area contributed by atoms with Crippen molar-refractivity contribution in [3.05, 3.63) is 52.2 Å². The van der Waals surface area contributed by atoms with E-state index >= 15 is 0 Å². The number of thioether (sulfide) groups is 1. The van der Waals surface area contributed by atoms with E-state index in [1.165, 1.54) is 16.0 Å². The fraction of sp³-hybridized carbons (Fsp3) is 0.333. The molecule has 1 heterocycles. The van der Waals surface area contributed by atoms with E-state index in [0.29, 0.717) is 6.04 Å². The molecule has 0 amide bonds. The van der Waals surface area contributed by atoms with Crippen molar-refractivity contribution in [3.8, 4) is 0 Å². The molecular weight excluding hydrogens is 258 g/mol. The van der Waals surface area contributed by atoms with Crippen LogP contribution in [0.15, 0.2) is 46.0 Å². The Morgan fingerprint density at radius 2 is 2.11 bits per heavy atom. The zero-order valence-corrected chi connectivity index (χ0v) is 12.5. The molecule has 0 bridgehead atoms. The minimum Gasteiger partial charge on any atom is -0.306 e. The Morgan fingerprint density at radius 3 is 2.78 bits per heavy atom. The summed E-state index contributed by atoms with van der Waals surface area (Å²) in [5.41, 5.74) is 2.76. The standard InChI is InChI=1S/C15H19NS2/c1-3-9-16-15(12-8-10-18-11-12)13-6-4-5-7-14(13)17-2/h4-8,10-11,15-16H,3,9H2,1-2H3. The molecule has 0 aliphatic heterocycles. The van der Waals surface area contributed by atoms with Crippen LogP contribution in [0.5, 0.6) is 0 Å². The summed E-state index contributed by atoms with van der Waals surface area (Å²) in [5, 5.41) is 8.05. The van der Waals surface area contributed by atoms with Gasteiger partial charge in [0.05, 0.1) is 6.04 Å². The number of rotatable bonds is 6. The molecule has 1 aromatic heterocycles. The lowest BCUT2D eigenvalue weighted by molar-refractivity contribution is 0.593. The average Bonchev–Trinajstić information content (AvgIpc) is 2.94. The molecular formula is C15H19NS2. The largest absolute Gasteiger partial charge is 0.306 e. The van der Waals surface area contributed by atoms with Crippen LogP contribution >= 0.6 is 23.1 Å². The topological polar surface area (TPSA) is 12.0 Å². The first-order valence-electron chi connectivity index (χ1n) is 6.25. The van der Waals surface area contributed by atoms with E-state index < -0.39 is 0 Å². The monoisotopic (exact) mass is 277 g/mol. The van der Waals surface area contributed by atoms with E-state index in [0.717, 1.165) is 13.0 Å². The minimum absolute atomic E-state index is 0.319. The van der Waals surface area contributed by atoms with Crippen LogP contribution < -0.4 is 5.32 Å². The average molecular weight is 277 g/mol. The van der Waals surface area contributed by atoms with Crippen molar-refractivity contribution < 1.29 is 0 Å². The first-order valence-corrected chi connectivity index (χ1v) is 8.42. The Bertz CT molecular complexity index is 465. The Kier molecular flexibility index (Phi) is 5.29. The van der Waals surface area contributed by atoms with Crippen LogP contribution in [0.1, 0.15) is 30.5 Å². The molecule has 0 aliphatic carbocycles. The van der Waals surface area contributed by atoms with Gasteiger partial charge in [0.15, 0.2) is 0 Å². The second kappa shape index (κ2) is 6.98. The Hall–Kier alpha value is -0.770. The molecule has 0 spiro atoms. The van der Waals surface area contributed by atoms with Crippen molar-refractivity contribution in [1.82, 2.24) is 5.32 Å². The molecule has 3 heteroatoms. The maximum absolute atomic E-state index is 3.66. The highest BCUT2D eigenvalue weighted by molar-refractivity contribution is 7.98. The number of hydrogen-bond acceptors (Lipinski definition) is 3. The third-order valence-corrected chi connectivity index (χ3v) is 4.44. The van der Waals surface area contributed by atoms with Gasteiger partial charge in [-0.3, -0.25) is 0 Å². The summed E-state index contributed by atoms with van der Waals surface area (Å²) in [4.78, 5) is 1.36. The predicted octanol–water partition coefficient (Wildman–Crippen LogP) is 4.56. The maximum atomic E-state index is 3.66. The summed E-state index contributed by atoms with van der Waals surface area (Å²) in [6.07, 6.45) is 3.30. The number of benzene rings is 1. The molecule has 18 heavy (non-hydrogen) atoms. The lowest BCUT2D eigenvalue weighted by atomic mass is 10.0. The Balaban J connectivity index is 2.33. The summed E-state index contributed by atoms with van der Waals surface area (Å²) < 4.78 is 0. The van der Waals surface area contributed by atoms with Crippen molar-refractivity contribution in [1.29, 1.82) is 0 Å². The smallest absolute Gasteiger partial charge is 0.0595 e. The van der Waals surface area contributed by atoms with E-state index in [-0.39, 0.29) is 0 Å². The number of hydrogen-bond donors (Lipinski definition) is 1. The SMILES string of the molecule is CCCNC(c1ccsc1)c1ccccc1SC. The van der Waals surface area contributed by atoms with Gasteiger partial charge in [-0.15, -0.1) is 11.8 Å². The van der Waals surface area contributed by atoms with Gasteiger partial charge in [-0.05, 0) is 53.2 Å². The molecule has 1 aromatic carbocycles. The van der Waals surface area contributed by atoms with Gasteiger partial charge in [-0.2, -0.15) is 11.3 Å². The molecule has 0 aliphatic rings. The predicted molar refractivity (Wildman–Crippen MR) is 82.7 cm³/mol. The fourth-order valence-corrected chi connectivity index (χ4v) is 3.36. The van der Waals surface area contributed by atoms with Gasteiger partial charge < -0.3 is 5.32 Å². The molecule has 96 valence electrons. The second-order valence-corrected chi connectivity index (χ2v) is 5.81. The molecule has 1 N–H and O–H groups in total. The van der Waals surface area contributed by atoms with Crippen molar-refractivity contribution in [2.75, 3.05) is 12.8 Å². The molecule has 0 saturated carbocycles. The van der Waals surface area contributed by atoms with Crippen molar-refractivity contribution in [2.24, 2.45) is 0 Å². The maximum Gasteiger partial charge on any atom is 0.0595 e.